The molecule has 0 saturated heterocycles. The topological polar surface area (TPSA) is 156 Å². The van der Waals surface area contributed by atoms with Crippen LogP contribution in [-0.4, -0.2) is 57.6 Å². The van der Waals surface area contributed by atoms with E-state index in [0.29, 0.717) is 36.2 Å². The molecule has 2 amide bonds. The standard InChI is InChI=1S/C26H34N8O2/c1-14(2)22(27)13-26(25-30-32-33-31-25)20-10-7-17(23(35)29-4)12-16(20)6-8-18-15(3)19(9-11-21(18)26)24(36)34(5)28/h7,9-12,14,22H,6,8,13,27-28H2,1-5H3,(H,29,35)(H,30,31,32,33)/t22-,26?/m0/s1. The Kier molecular flexibility index (Phi) is 6.92. The Morgan fingerprint density at radius 1 is 1.19 bits per heavy atom. The molecule has 0 spiro atoms. The van der Waals surface area contributed by atoms with Gasteiger partial charge >= 0.3 is 0 Å². The van der Waals surface area contributed by atoms with E-state index in [1.54, 1.807) is 7.05 Å². The van der Waals surface area contributed by atoms with Crippen LogP contribution in [0, 0.1) is 12.8 Å². The number of hydrogen-bond acceptors (Lipinski definition) is 7. The van der Waals surface area contributed by atoms with Gasteiger partial charge in [0.2, 0.25) is 0 Å². The average molecular weight is 491 g/mol. The maximum Gasteiger partial charge on any atom is 0.267 e. The van der Waals surface area contributed by atoms with Crippen molar-refractivity contribution in [3.8, 4) is 0 Å². The SMILES string of the molecule is CNC(=O)c1ccc2c(c1)CCc1c(ccc(C(=O)N(C)N)c1C)C2(C[C@H](N)C(C)C)c1nn[nH]n1. The van der Waals surface area contributed by atoms with E-state index >= 15 is 0 Å². The number of hydrogen-bond donors (Lipinski definition) is 4. The second-order valence-electron chi connectivity index (χ2n) is 9.88. The lowest BCUT2D eigenvalue weighted by Gasteiger charge is -2.37. The summed E-state index contributed by atoms with van der Waals surface area (Å²) in [5.41, 5.74) is 11.9. The van der Waals surface area contributed by atoms with E-state index in [4.69, 9.17) is 11.6 Å². The van der Waals surface area contributed by atoms with Crippen molar-refractivity contribution in [3.05, 3.63) is 75.1 Å². The van der Waals surface area contributed by atoms with Crippen molar-refractivity contribution in [2.24, 2.45) is 17.5 Å². The molecule has 1 heterocycles. The molecule has 6 N–H and O–H groups in total. The summed E-state index contributed by atoms with van der Waals surface area (Å²) in [6, 6.07) is 9.36. The molecular formula is C26H34N8O2. The van der Waals surface area contributed by atoms with E-state index < -0.39 is 5.41 Å². The molecule has 36 heavy (non-hydrogen) atoms. The number of aryl methyl sites for hydroxylation is 1. The van der Waals surface area contributed by atoms with Crippen LogP contribution >= 0.6 is 0 Å². The van der Waals surface area contributed by atoms with Crippen molar-refractivity contribution < 1.29 is 9.59 Å². The molecule has 0 bridgehead atoms. The molecule has 4 rings (SSSR count). The minimum atomic E-state index is -0.833. The Morgan fingerprint density at radius 2 is 1.92 bits per heavy atom. The Morgan fingerprint density at radius 3 is 2.53 bits per heavy atom. The molecule has 0 radical (unpaired) electrons. The molecule has 10 nitrogen and oxygen atoms in total. The van der Waals surface area contributed by atoms with Crippen LogP contribution in [-0.2, 0) is 18.3 Å². The maximum atomic E-state index is 12.9. The third kappa shape index (κ3) is 4.16. The van der Waals surface area contributed by atoms with Crippen molar-refractivity contribution >= 4 is 11.8 Å². The number of H-pyrrole nitrogens is 1. The van der Waals surface area contributed by atoms with Gasteiger partial charge in [-0.3, -0.25) is 14.6 Å². The Labute approximate surface area is 210 Å². The van der Waals surface area contributed by atoms with Crippen molar-refractivity contribution in [3.63, 3.8) is 0 Å². The molecule has 1 aliphatic carbocycles. The maximum absolute atomic E-state index is 12.9. The molecule has 2 aromatic carbocycles. The van der Waals surface area contributed by atoms with Gasteiger partial charge in [0.15, 0.2) is 5.82 Å². The minimum absolute atomic E-state index is 0.154. The quantitative estimate of drug-likeness (QED) is 0.232. The molecule has 190 valence electrons. The van der Waals surface area contributed by atoms with Gasteiger partial charge in [-0.1, -0.05) is 31.2 Å². The van der Waals surface area contributed by atoms with Crippen molar-refractivity contribution in [2.75, 3.05) is 14.1 Å². The highest BCUT2D eigenvalue weighted by Crippen LogP contribution is 2.48. The molecule has 0 saturated carbocycles. The number of amides is 2. The molecule has 0 aliphatic heterocycles. The smallest absolute Gasteiger partial charge is 0.267 e. The van der Waals surface area contributed by atoms with E-state index in [-0.39, 0.29) is 23.8 Å². The first-order valence-corrected chi connectivity index (χ1v) is 12.1. The summed E-state index contributed by atoms with van der Waals surface area (Å²) in [6.45, 7) is 6.13. The number of rotatable bonds is 6. The summed E-state index contributed by atoms with van der Waals surface area (Å²) in [7, 11) is 3.15. The first kappa shape index (κ1) is 25.5. The van der Waals surface area contributed by atoms with Gasteiger partial charge in [-0.15, -0.1) is 10.2 Å². The second kappa shape index (κ2) is 9.79. The minimum Gasteiger partial charge on any atom is -0.355 e. The fourth-order valence-corrected chi connectivity index (χ4v) is 5.29. The number of nitrogens with two attached hydrogens (primary N) is 2. The van der Waals surface area contributed by atoms with E-state index in [2.05, 4.69) is 39.8 Å². The highest BCUT2D eigenvalue weighted by Gasteiger charge is 2.46. The Bertz CT molecular complexity index is 1290. The predicted octanol–water partition coefficient (Wildman–Crippen LogP) is 1.62. The number of hydrazine groups is 1. The summed E-state index contributed by atoms with van der Waals surface area (Å²) in [5, 5.41) is 19.3. The van der Waals surface area contributed by atoms with Crippen LogP contribution in [0.25, 0.3) is 0 Å². The van der Waals surface area contributed by atoms with E-state index in [0.717, 1.165) is 32.8 Å². The normalized spacial score (nSPS) is 17.7. The molecule has 2 atom stereocenters. The molecular weight excluding hydrogens is 456 g/mol. The number of nitrogens with zero attached hydrogens (tertiary/aromatic N) is 4. The lowest BCUT2D eigenvalue weighted by Crippen LogP contribution is -2.41. The second-order valence-corrected chi connectivity index (χ2v) is 9.88. The van der Waals surface area contributed by atoms with Crippen molar-refractivity contribution in [1.82, 2.24) is 30.9 Å². The van der Waals surface area contributed by atoms with Crippen LogP contribution in [0.2, 0.25) is 0 Å². The van der Waals surface area contributed by atoms with Gasteiger partial charge in [-0.2, -0.15) is 5.21 Å². The summed E-state index contributed by atoms with van der Waals surface area (Å²) < 4.78 is 0. The van der Waals surface area contributed by atoms with E-state index in [9.17, 15) is 9.59 Å². The third-order valence-electron chi connectivity index (χ3n) is 7.43. The number of aromatic nitrogens is 4. The largest absolute Gasteiger partial charge is 0.355 e. The molecule has 1 aliphatic rings. The molecule has 1 aromatic heterocycles. The van der Waals surface area contributed by atoms with Crippen LogP contribution in [0.15, 0.2) is 30.3 Å². The molecule has 10 heteroatoms. The van der Waals surface area contributed by atoms with Gasteiger partial charge in [-0.05, 0) is 78.1 Å². The lowest BCUT2D eigenvalue weighted by molar-refractivity contribution is 0.0794. The van der Waals surface area contributed by atoms with Gasteiger partial charge in [-0.25, -0.2) is 5.84 Å². The van der Waals surface area contributed by atoms with Crippen LogP contribution in [0.3, 0.4) is 0 Å². The summed E-state index contributed by atoms with van der Waals surface area (Å²) in [4.78, 5) is 25.3. The van der Waals surface area contributed by atoms with E-state index in [1.165, 1.54) is 7.05 Å². The summed E-state index contributed by atoms with van der Waals surface area (Å²) in [6.07, 6.45) is 1.85. The number of nitrogens with one attached hydrogen (secondary N) is 2. The monoisotopic (exact) mass is 490 g/mol. The molecule has 1 unspecified atom stereocenters. The zero-order valence-electron chi connectivity index (χ0n) is 21.4. The third-order valence-corrected chi connectivity index (χ3v) is 7.43. The fraction of sp³-hybridized carbons (Fsp3) is 0.423. The zero-order chi connectivity index (χ0) is 26.2. The predicted molar refractivity (Wildman–Crippen MR) is 136 cm³/mol. The van der Waals surface area contributed by atoms with Crippen LogP contribution < -0.4 is 16.9 Å². The first-order chi connectivity index (χ1) is 17.1. The van der Waals surface area contributed by atoms with Gasteiger partial charge < -0.3 is 11.1 Å². The van der Waals surface area contributed by atoms with Crippen LogP contribution in [0.1, 0.15) is 74.6 Å². The van der Waals surface area contributed by atoms with Gasteiger partial charge in [0, 0.05) is 31.3 Å². The number of fused-ring (bicyclic) bond motifs is 2. The first-order valence-electron chi connectivity index (χ1n) is 12.1. The van der Waals surface area contributed by atoms with Crippen molar-refractivity contribution in [1.29, 1.82) is 0 Å². The Hall–Kier alpha value is -3.63. The Balaban J connectivity index is 2.07. The zero-order valence-corrected chi connectivity index (χ0v) is 21.4. The highest BCUT2D eigenvalue weighted by molar-refractivity contribution is 5.96. The lowest BCUT2D eigenvalue weighted by atomic mass is 9.66. The van der Waals surface area contributed by atoms with Gasteiger partial charge in [0.1, 0.15) is 0 Å². The summed E-state index contributed by atoms with van der Waals surface area (Å²) in [5.74, 6) is 6.08. The number of benzene rings is 2. The fourth-order valence-electron chi connectivity index (χ4n) is 5.29. The van der Waals surface area contributed by atoms with Gasteiger partial charge in [0.05, 0.1) is 5.41 Å². The number of carbonyl (C=O) groups is 2. The number of tetrazole rings is 1. The molecule has 3 aromatic rings. The van der Waals surface area contributed by atoms with Crippen molar-refractivity contribution in [2.45, 2.75) is 51.5 Å². The highest BCUT2D eigenvalue weighted by atomic mass is 16.2. The number of aromatic amines is 1. The molecule has 0 fully saturated rings. The average Bonchev–Trinajstić information content (AvgIpc) is 3.36. The van der Waals surface area contributed by atoms with Gasteiger partial charge in [0.25, 0.3) is 11.8 Å². The van der Waals surface area contributed by atoms with Crippen LogP contribution in [0.5, 0.6) is 0 Å². The van der Waals surface area contributed by atoms with E-state index in [1.807, 2.05) is 37.3 Å². The van der Waals surface area contributed by atoms with Crippen LogP contribution in [0.4, 0.5) is 0 Å². The number of carbonyl (C=O) groups excluding carboxylic acids is 2. The summed E-state index contributed by atoms with van der Waals surface area (Å²) >= 11 is 0.